The van der Waals surface area contributed by atoms with Gasteiger partial charge in [0.1, 0.15) is 11.5 Å². The minimum absolute atomic E-state index is 0.0961. The number of esters is 1. The smallest absolute Gasteiger partial charge is 0.306 e. The first-order chi connectivity index (χ1) is 18.4. The lowest BCUT2D eigenvalue weighted by Crippen LogP contribution is -2.29. The molecule has 0 saturated heterocycles. The van der Waals surface area contributed by atoms with Crippen molar-refractivity contribution in [1.29, 1.82) is 0 Å². The average molecular weight is 511 g/mol. The number of aromatic amines is 1. The highest BCUT2D eigenvalue weighted by Gasteiger charge is 2.28. The van der Waals surface area contributed by atoms with Gasteiger partial charge in [0.25, 0.3) is 5.56 Å². The Labute approximate surface area is 220 Å². The fraction of sp³-hybridized carbons (Fsp3) is 0.226. The van der Waals surface area contributed by atoms with Crippen molar-refractivity contribution in [3.05, 3.63) is 106 Å². The van der Waals surface area contributed by atoms with Gasteiger partial charge in [0.2, 0.25) is 0 Å². The van der Waals surface area contributed by atoms with Crippen LogP contribution >= 0.6 is 0 Å². The number of aromatic hydroxyl groups is 1. The van der Waals surface area contributed by atoms with Gasteiger partial charge in [0.15, 0.2) is 0 Å². The molecule has 7 heteroatoms. The van der Waals surface area contributed by atoms with Gasteiger partial charge in [-0.2, -0.15) is 0 Å². The molecule has 7 nitrogen and oxygen atoms in total. The van der Waals surface area contributed by atoms with Crippen LogP contribution in [0.4, 0.5) is 0 Å². The standard InChI is InChI=1S/C31H30N2O5/c1-19-16-27(34)30(31(36)33(19)15-14-20-18-32-26-11-7-6-8-21(20)26)25(17-29(35)38-3)23-12-13-28(37-2)24-10-5-4-9-22(23)24/h4-13,16,18,25,32,34H,14-15,17H2,1-3H3/t25-/m0/s1. The van der Waals surface area contributed by atoms with Gasteiger partial charge in [0.05, 0.1) is 26.2 Å². The fourth-order valence-corrected chi connectivity index (χ4v) is 5.34. The molecule has 194 valence electrons. The molecular weight excluding hydrogens is 480 g/mol. The summed E-state index contributed by atoms with van der Waals surface area (Å²) in [5.41, 5.74) is 3.39. The highest BCUT2D eigenvalue weighted by molar-refractivity contribution is 5.92. The molecule has 0 bridgehead atoms. The highest BCUT2D eigenvalue weighted by atomic mass is 16.5. The highest BCUT2D eigenvalue weighted by Crippen LogP contribution is 2.39. The molecule has 2 heterocycles. The monoisotopic (exact) mass is 510 g/mol. The lowest BCUT2D eigenvalue weighted by atomic mass is 9.85. The van der Waals surface area contributed by atoms with Crippen molar-refractivity contribution in [1.82, 2.24) is 9.55 Å². The molecule has 38 heavy (non-hydrogen) atoms. The van der Waals surface area contributed by atoms with Gasteiger partial charge in [0, 0.05) is 40.6 Å². The third kappa shape index (κ3) is 4.52. The Hall–Kier alpha value is -4.52. The first-order valence-corrected chi connectivity index (χ1v) is 12.5. The van der Waals surface area contributed by atoms with E-state index in [1.807, 2.05) is 60.8 Å². The number of nitrogens with one attached hydrogen (secondary N) is 1. The molecule has 0 fully saturated rings. The summed E-state index contributed by atoms with van der Waals surface area (Å²) in [4.78, 5) is 29.8. The van der Waals surface area contributed by atoms with Crippen molar-refractivity contribution in [3.63, 3.8) is 0 Å². The molecular formula is C31H30N2O5. The second-order valence-electron chi connectivity index (χ2n) is 9.39. The molecule has 0 amide bonds. The lowest BCUT2D eigenvalue weighted by molar-refractivity contribution is -0.140. The predicted octanol–water partition coefficient (Wildman–Crippen LogP) is 5.44. The van der Waals surface area contributed by atoms with Gasteiger partial charge in [-0.15, -0.1) is 0 Å². The van der Waals surface area contributed by atoms with Gasteiger partial charge in [-0.3, -0.25) is 9.59 Å². The van der Waals surface area contributed by atoms with Crippen LogP contribution in [0, 0.1) is 6.92 Å². The molecule has 0 saturated carbocycles. The molecule has 2 aromatic heterocycles. The summed E-state index contributed by atoms with van der Waals surface area (Å²) >= 11 is 0. The van der Waals surface area contributed by atoms with E-state index in [2.05, 4.69) is 11.1 Å². The number of carbonyl (C=O) groups is 1. The SMILES string of the molecule is COC(=O)C[C@H](c1c(O)cc(C)n(CCc2c[nH]c3ccccc23)c1=O)c1ccc(OC)c2ccccc12. The number of carbonyl (C=O) groups excluding carboxylic acids is 1. The van der Waals surface area contributed by atoms with Crippen LogP contribution in [-0.4, -0.2) is 34.8 Å². The summed E-state index contributed by atoms with van der Waals surface area (Å²) in [6, 6.07) is 21.0. The van der Waals surface area contributed by atoms with E-state index in [4.69, 9.17) is 9.47 Å². The summed E-state index contributed by atoms with van der Waals surface area (Å²) in [5, 5.41) is 13.9. The Morgan fingerprint density at radius 1 is 1.00 bits per heavy atom. The maximum atomic E-state index is 14.0. The molecule has 0 spiro atoms. The summed E-state index contributed by atoms with van der Waals surface area (Å²) in [7, 11) is 2.92. The van der Waals surface area contributed by atoms with E-state index in [-0.39, 0.29) is 23.3 Å². The molecule has 0 aliphatic heterocycles. The van der Waals surface area contributed by atoms with E-state index in [1.54, 1.807) is 24.7 Å². The third-order valence-corrected chi connectivity index (χ3v) is 7.26. The van der Waals surface area contributed by atoms with Crippen LogP contribution in [0.1, 0.15) is 34.7 Å². The number of pyridine rings is 1. The average Bonchev–Trinajstić information content (AvgIpc) is 3.34. The Kier molecular flexibility index (Phi) is 6.92. The Balaban J connectivity index is 1.62. The molecule has 5 rings (SSSR count). The first-order valence-electron chi connectivity index (χ1n) is 12.5. The van der Waals surface area contributed by atoms with Crippen molar-refractivity contribution in [3.8, 4) is 11.5 Å². The zero-order valence-electron chi connectivity index (χ0n) is 21.7. The number of hydrogen-bond acceptors (Lipinski definition) is 5. The number of methoxy groups -OCH3 is 2. The number of nitrogens with zero attached hydrogens (tertiary/aromatic N) is 1. The largest absolute Gasteiger partial charge is 0.507 e. The van der Waals surface area contributed by atoms with Crippen molar-refractivity contribution < 1.29 is 19.4 Å². The Morgan fingerprint density at radius 2 is 1.71 bits per heavy atom. The van der Waals surface area contributed by atoms with Crippen molar-refractivity contribution >= 4 is 27.6 Å². The van der Waals surface area contributed by atoms with Gasteiger partial charge in [-0.25, -0.2) is 0 Å². The van der Waals surface area contributed by atoms with Crippen molar-refractivity contribution in [2.75, 3.05) is 14.2 Å². The second kappa shape index (κ2) is 10.5. The maximum Gasteiger partial charge on any atom is 0.306 e. The van der Waals surface area contributed by atoms with Crippen LogP contribution in [-0.2, 0) is 22.5 Å². The molecule has 0 unspecified atom stereocenters. The summed E-state index contributed by atoms with van der Waals surface area (Å²) in [5.74, 6) is -0.639. The van der Waals surface area contributed by atoms with E-state index in [0.717, 1.165) is 32.8 Å². The second-order valence-corrected chi connectivity index (χ2v) is 9.39. The Morgan fingerprint density at radius 3 is 2.45 bits per heavy atom. The predicted molar refractivity (Wildman–Crippen MR) is 148 cm³/mol. The summed E-state index contributed by atoms with van der Waals surface area (Å²) in [6.45, 7) is 2.23. The number of aromatic nitrogens is 2. The van der Waals surface area contributed by atoms with Gasteiger partial charge < -0.3 is 24.1 Å². The van der Waals surface area contributed by atoms with Gasteiger partial charge >= 0.3 is 5.97 Å². The number of ether oxygens (including phenoxy) is 2. The zero-order valence-corrected chi connectivity index (χ0v) is 21.7. The van der Waals surface area contributed by atoms with Gasteiger partial charge in [-0.1, -0.05) is 48.5 Å². The minimum atomic E-state index is -0.717. The van der Waals surface area contributed by atoms with E-state index in [9.17, 15) is 14.7 Å². The zero-order chi connectivity index (χ0) is 26.8. The molecule has 3 aromatic carbocycles. The molecule has 2 N–H and O–H groups in total. The summed E-state index contributed by atoms with van der Waals surface area (Å²) in [6.07, 6.45) is 2.50. The van der Waals surface area contributed by atoms with E-state index in [1.165, 1.54) is 7.11 Å². The van der Waals surface area contributed by atoms with E-state index in [0.29, 0.717) is 24.4 Å². The van der Waals surface area contributed by atoms with Crippen LogP contribution < -0.4 is 10.3 Å². The molecule has 0 aliphatic rings. The number of rotatable bonds is 8. The number of para-hydroxylation sites is 1. The quantitative estimate of drug-likeness (QED) is 0.271. The Bertz CT molecular complexity index is 1700. The van der Waals surface area contributed by atoms with Crippen LogP contribution in [0.3, 0.4) is 0 Å². The van der Waals surface area contributed by atoms with E-state index < -0.39 is 11.9 Å². The van der Waals surface area contributed by atoms with Crippen molar-refractivity contribution in [2.24, 2.45) is 0 Å². The number of fused-ring (bicyclic) bond motifs is 2. The lowest BCUT2D eigenvalue weighted by Gasteiger charge is -2.22. The fourth-order valence-electron chi connectivity index (χ4n) is 5.34. The number of aryl methyl sites for hydroxylation is 2. The maximum absolute atomic E-state index is 14.0. The van der Waals surface area contributed by atoms with Crippen LogP contribution in [0.25, 0.3) is 21.7 Å². The number of hydrogen-bond donors (Lipinski definition) is 2. The molecule has 5 aromatic rings. The first kappa shape index (κ1) is 25.1. The molecule has 0 radical (unpaired) electrons. The molecule has 1 atom stereocenters. The van der Waals surface area contributed by atoms with Crippen molar-refractivity contribution in [2.45, 2.75) is 32.2 Å². The number of H-pyrrole nitrogens is 1. The third-order valence-electron chi connectivity index (χ3n) is 7.26. The van der Waals surface area contributed by atoms with Gasteiger partial charge in [-0.05, 0) is 48.1 Å². The minimum Gasteiger partial charge on any atom is -0.507 e. The summed E-state index contributed by atoms with van der Waals surface area (Å²) < 4.78 is 12.2. The van der Waals surface area contributed by atoms with Crippen LogP contribution in [0.15, 0.2) is 77.7 Å². The van der Waals surface area contributed by atoms with Crippen LogP contribution in [0.5, 0.6) is 11.5 Å². The van der Waals surface area contributed by atoms with Crippen LogP contribution in [0.2, 0.25) is 0 Å². The number of benzene rings is 3. The molecule has 0 aliphatic carbocycles. The van der Waals surface area contributed by atoms with E-state index >= 15 is 0 Å². The normalized spacial score (nSPS) is 12.1. The topological polar surface area (TPSA) is 93.5 Å².